The summed E-state index contributed by atoms with van der Waals surface area (Å²) in [4.78, 5) is 14.6. The highest BCUT2D eigenvalue weighted by atomic mass is 32.2. The van der Waals surface area contributed by atoms with E-state index in [4.69, 9.17) is 4.74 Å². The molecule has 6 nitrogen and oxygen atoms in total. The van der Waals surface area contributed by atoms with Gasteiger partial charge in [-0.2, -0.15) is 0 Å². The zero-order valence-corrected chi connectivity index (χ0v) is 15.4. The van der Waals surface area contributed by atoms with Crippen molar-refractivity contribution in [2.24, 2.45) is 0 Å². The number of rotatable bonds is 6. The lowest BCUT2D eigenvalue weighted by atomic mass is 10.00. The third-order valence-corrected chi connectivity index (χ3v) is 5.58. The van der Waals surface area contributed by atoms with Gasteiger partial charge in [-0.05, 0) is 37.8 Å². The van der Waals surface area contributed by atoms with Crippen LogP contribution in [-0.2, 0) is 14.8 Å². The van der Waals surface area contributed by atoms with Crippen molar-refractivity contribution in [2.45, 2.75) is 38.6 Å². The molecule has 1 saturated heterocycles. The van der Waals surface area contributed by atoms with Gasteiger partial charge in [0.2, 0.25) is 15.9 Å². The number of sulfonamides is 1. The lowest BCUT2D eigenvalue weighted by molar-refractivity contribution is -0.133. The minimum absolute atomic E-state index is 0.144. The monoisotopic (exact) mass is 354 g/mol. The number of likely N-dealkylation sites (tertiary alicyclic amines) is 1. The largest absolute Gasteiger partial charge is 0.497 e. The summed E-state index contributed by atoms with van der Waals surface area (Å²) in [5.41, 5.74) is 0.440. The van der Waals surface area contributed by atoms with Crippen LogP contribution in [0.5, 0.6) is 5.75 Å². The van der Waals surface area contributed by atoms with Crippen molar-refractivity contribution >= 4 is 21.6 Å². The van der Waals surface area contributed by atoms with E-state index in [0.717, 1.165) is 36.2 Å². The van der Waals surface area contributed by atoms with Crippen molar-refractivity contribution in [3.8, 4) is 5.75 Å². The maximum atomic E-state index is 12.7. The van der Waals surface area contributed by atoms with E-state index in [9.17, 15) is 13.2 Å². The fourth-order valence-electron chi connectivity index (χ4n) is 3.13. The molecule has 0 bridgehead atoms. The van der Waals surface area contributed by atoms with E-state index in [1.54, 1.807) is 24.3 Å². The molecule has 134 valence electrons. The highest BCUT2D eigenvalue weighted by molar-refractivity contribution is 7.92. The Morgan fingerprint density at radius 3 is 2.75 bits per heavy atom. The second-order valence-electron chi connectivity index (χ2n) is 6.12. The first-order valence-electron chi connectivity index (χ1n) is 8.28. The first-order chi connectivity index (χ1) is 11.4. The first-order valence-corrected chi connectivity index (χ1v) is 10.1. The lowest BCUT2D eigenvalue weighted by Gasteiger charge is -2.36. The van der Waals surface area contributed by atoms with E-state index in [0.29, 0.717) is 18.0 Å². The Morgan fingerprint density at radius 2 is 2.12 bits per heavy atom. The Balaban J connectivity index is 2.24. The predicted molar refractivity (Wildman–Crippen MR) is 94.8 cm³/mol. The number of hydrogen-bond donors (Lipinski definition) is 0. The number of methoxy groups -OCH3 is 1. The highest BCUT2D eigenvalue weighted by Gasteiger charge is 2.29. The van der Waals surface area contributed by atoms with Crippen LogP contribution in [0.4, 0.5) is 5.69 Å². The fourth-order valence-corrected chi connectivity index (χ4v) is 3.97. The summed E-state index contributed by atoms with van der Waals surface area (Å²) in [5, 5.41) is 0. The van der Waals surface area contributed by atoms with Crippen molar-refractivity contribution in [3.05, 3.63) is 24.3 Å². The van der Waals surface area contributed by atoms with E-state index in [1.807, 2.05) is 4.90 Å². The molecule has 1 amide bonds. The number of carbonyl (C=O) groups excluding carboxylic acids is 1. The molecule has 1 unspecified atom stereocenters. The minimum Gasteiger partial charge on any atom is -0.497 e. The third kappa shape index (κ3) is 4.41. The first kappa shape index (κ1) is 18.6. The number of carbonyl (C=O) groups is 1. The second-order valence-corrected chi connectivity index (χ2v) is 8.02. The van der Waals surface area contributed by atoms with Gasteiger partial charge in [0.15, 0.2) is 0 Å². The molecule has 0 N–H and O–H groups in total. The van der Waals surface area contributed by atoms with Crippen molar-refractivity contribution in [1.29, 1.82) is 0 Å². The molecular formula is C17H26N2O4S. The number of anilines is 1. The van der Waals surface area contributed by atoms with E-state index >= 15 is 0 Å². The van der Waals surface area contributed by atoms with Gasteiger partial charge < -0.3 is 9.64 Å². The molecule has 1 fully saturated rings. The average molecular weight is 354 g/mol. The van der Waals surface area contributed by atoms with Gasteiger partial charge in [-0.3, -0.25) is 9.10 Å². The second kappa shape index (κ2) is 7.88. The molecule has 0 aromatic heterocycles. The van der Waals surface area contributed by atoms with Crippen LogP contribution in [0.25, 0.3) is 0 Å². The minimum atomic E-state index is -3.57. The van der Waals surface area contributed by atoms with Crippen LogP contribution < -0.4 is 9.04 Å². The number of hydrogen-bond acceptors (Lipinski definition) is 4. The van der Waals surface area contributed by atoms with Crippen molar-refractivity contribution < 1.29 is 17.9 Å². The number of ether oxygens (including phenoxy) is 1. The van der Waals surface area contributed by atoms with Crippen LogP contribution in [0, 0.1) is 0 Å². The Labute approximate surface area is 144 Å². The summed E-state index contributed by atoms with van der Waals surface area (Å²) in [6, 6.07) is 6.96. The number of benzene rings is 1. The summed E-state index contributed by atoms with van der Waals surface area (Å²) in [7, 11) is -2.05. The van der Waals surface area contributed by atoms with Gasteiger partial charge >= 0.3 is 0 Å². The van der Waals surface area contributed by atoms with Crippen LogP contribution in [0.1, 0.15) is 32.6 Å². The maximum absolute atomic E-state index is 12.7. The molecule has 1 heterocycles. The van der Waals surface area contributed by atoms with Crippen LogP contribution in [-0.4, -0.2) is 51.7 Å². The zero-order valence-electron chi connectivity index (χ0n) is 14.6. The Hall–Kier alpha value is -1.76. The lowest BCUT2D eigenvalue weighted by Crippen LogP contribution is -2.48. The topological polar surface area (TPSA) is 66.9 Å². The van der Waals surface area contributed by atoms with Gasteiger partial charge in [-0.15, -0.1) is 0 Å². The molecule has 24 heavy (non-hydrogen) atoms. The molecular weight excluding hydrogens is 328 g/mol. The summed E-state index contributed by atoms with van der Waals surface area (Å²) in [6.45, 7) is 2.59. The summed E-state index contributed by atoms with van der Waals surface area (Å²) in [6.07, 6.45) is 5.09. The molecule has 2 rings (SSSR count). The normalized spacial score (nSPS) is 18.3. The molecule has 7 heteroatoms. The fraction of sp³-hybridized carbons (Fsp3) is 0.588. The van der Waals surface area contributed by atoms with Crippen molar-refractivity contribution in [2.75, 3.05) is 30.8 Å². The van der Waals surface area contributed by atoms with Gasteiger partial charge in [0.1, 0.15) is 12.3 Å². The molecule has 0 aliphatic carbocycles. The van der Waals surface area contributed by atoms with E-state index < -0.39 is 10.0 Å². The number of nitrogens with zero attached hydrogens (tertiary/aromatic N) is 2. The van der Waals surface area contributed by atoms with Crippen LogP contribution in [0.2, 0.25) is 0 Å². The Morgan fingerprint density at radius 1 is 1.38 bits per heavy atom. The zero-order chi connectivity index (χ0) is 17.7. The van der Waals surface area contributed by atoms with Crippen molar-refractivity contribution in [3.63, 3.8) is 0 Å². The molecule has 0 saturated carbocycles. The summed E-state index contributed by atoms with van der Waals surface area (Å²) >= 11 is 0. The van der Waals surface area contributed by atoms with Crippen LogP contribution in [0.15, 0.2) is 24.3 Å². The van der Waals surface area contributed by atoms with Crippen molar-refractivity contribution in [1.82, 2.24) is 4.90 Å². The van der Waals surface area contributed by atoms with Gasteiger partial charge in [0.25, 0.3) is 0 Å². The molecule has 0 radical (unpaired) electrons. The molecule has 1 aliphatic rings. The predicted octanol–water partition coefficient (Wildman–Crippen LogP) is 2.25. The van der Waals surface area contributed by atoms with Gasteiger partial charge in [0, 0.05) is 18.7 Å². The van der Waals surface area contributed by atoms with Gasteiger partial charge in [-0.1, -0.05) is 13.0 Å². The smallest absolute Gasteiger partial charge is 0.243 e. The molecule has 1 atom stereocenters. The van der Waals surface area contributed by atoms with Crippen LogP contribution >= 0.6 is 0 Å². The molecule has 1 aliphatic heterocycles. The number of amides is 1. The van der Waals surface area contributed by atoms with E-state index in [1.165, 1.54) is 7.11 Å². The molecule has 1 aromatic rings. The van der Waals surface area contributed by atoms with Gasteiger partial charge in [0.05, 0.1) is 19.1 Å². The maximum Gasteiger partial charge on any atom is 0.243 e. The number of piperidine rings is 1. The van der Waals surface area contributed by atoms with Crippen LogP contribution in [0.3, 0.4) is 0 Å². The Kier molecular flexibility index (Phi) is 6.10. The Bertz CT molecular complexity index is 675. The molecule has 0 spiro atoms. The summed E-state index contributed by atoms with van der Waals surface area (Å²) < 4.78 is 30.7. The SMILES string of the molecule is CCC1CCCCN1C(=O)CN(c1cccc(OC)c1)S(C)(=O)=O. The standard InChI is InChI=1S/C17H26N2O4S/c1-4-14-8-5-6-11-18(14)17(20)13-19(24(3,21)22)15-9-7-10-16(12-15)23-2/h7,9-10,12,14H,4-6,8,11,13H2,1-3H3. The highest BCUT2D eigenvalue weighted by Crippen LogP contribution is 2.25. The van der Waals surface area contributed by atoms with E-state index in [-0.39, 0.29) is 18.5 Å². The van der Waals surface area contributed by atoms with Gasteiger partial charge in [-0.25, -0.2) is 8.42 Å². The average Bonchev–Trinajstić information content (AvgIpc) is 2.58. The third-order valence-electron chi connectivity index (χ3n) is 4.44. The molecule has 1 aromatic carbocycles. The van der Waals surface area contributed by atoms with E-state index in [2.05, 4.69) is 6.92 Å². The quantitative estimate of drug-likeness (QED) is 0.786. The summed E-state index contributed by atoms with van der Waals surface area (Å²) in [5.74, 6) is 0.410.